The van der Waals surface area contributed by atoms with Gasteiger partial charge in [-0.3, -0.25) is 11.3 Å². The van der Waals surface area contributed by atoms with Crippen molar-refractivity contribution in [2.75, 3.05) is 7.11 Å². The summed E-state index contributed by atoms with van der Waals surface area (Å²) in [4.78, 5) is 0. The number of ether oxygens (including phenoxy) is 1. The number of thiophene rings is 1. The van der Waals surface area contributed by atoms with Crippen LogP contribution in [0.25, 0.3) is 0 Å². The van der Waals surface area contributed by atoms with Crippen LogP contribution < -0.4 is 11.3 Å². The molecule has 0 amide bonds. The standard InChI is InChI=1S/C12H22N2OS/c1-9(2)12(15-3)11(14-13)5-4-10-6-7-16-8-10/h6-9,11-12,14H,4-5,13H2,1-3H3. The van der Waals surface area contributed by atoms with Crippen LogP contribution in [0.4, 0.5) is 0 Å². The van der Waals surface area contributed by atoms with E-state index in [0.29, 0.717) is 5.92 Å². The van der Waals surface area contributed by atoms with Crippen LogP contribution in [0.2, 0.25) is 0 Å². The number of methoxy groups -OCH3 is 1. The summed E-state index contributed by atoms with van der Waals surface area (Å²) in [6, 6.07) is 2.38. The van der Waals surface area contributed by atoms with Crippen molar-refractivity contribution in [2.45, 2.75) is 38.8 Å². The van der Waals surface area contributed by atoms with Gasteiger partial charge in [0.05, 0.1) is 6.10 Å². The quantitative estimate of drug-likeness (QED) is 0.569. The Labute approximate surface area is 102 Å². The molecule has 0 saturated carbocycles. The van der Waals surface area contributed by atoms with E-state index in [-0.39, 0.29) is 12.1 Å². The molecule has 0 aliphatic rings. The average molecular weight is 242 g/mol. The number of hydrogen-bond donors (Lipinski definition) is 2. The van der Waals surface area contributed by atoms with Crippen LogP contribution in [0.15, 0.2) is 16.8 Å². The summed E-state index contributed by atoms with van der Waals surface area (Å²) in [7, 11) is 1.75. The molecule has 0 aliphatic heterocycles. The Hall–Kier alpha value is -0.420. The Morgan fingerprint density at radius 1 is 1.50 bits per heavy atom. The first-order valence-corrected chi connectivity index (χ1v) is 6.63. The maximum atomic E-state index is 5.60. The van der Waals surface area contributed by atoms with E-state index in [1.165, 1.54) is 5.56 Å². The van der Waals surface area contributed by atoms with Gasteiger partial charge >= 0.3 is 0 Å². The second-order valence-electron chi connectivity index (χ2n) is 4.39. The summed E-state index contributed by atoms with van der Waals surface area (Å²) in [6.07, 6.45) is 2.22. The van der Waals surface area contributed by atoms with Crippen molar-refractivity contribution < 1.29 is 4.74 Å². The minimum Gasteiger partial charge on any atom is -0.380 e. The fourth-order valence-corrected chi connectivity index (χ4v) is 2.70. The van der Waals surface area contributed by atoms with Crippen LogP contribution in [-0.2, 0) is 11.2 Å². The molecule has 92 valence electrons. The molecule has 0 aromatic carbocycles. The lowest BCUT2D eigenvalue weighted by Crippen LogP contribution is -2.47. The number of hydrogen-bond acceptors (Lipinski definition) is 4. The number of hydrazine groups is 1. The van der Waals surface area contributed by atoms with Crippen molar-refractivity contribution in [3.8, 4) is 0 Å². The van der Waals surface area contributed by atoms with E-state index < -0.39 is 0 Å². The number of aryl methyl sites for hydroxylation is 1. The van der Waals surface area contributed by atoms with Gasteiger partial charge in [0.1, 0.15) is 0 Å². The number of rotatable bonds is 7. The third kappa shape index (κ3) is 3.87. The molecular weight excluding hydrogens is 220 g/mol. The van der Waals surface area contributed by atoms with Crippen LogP contribution in [-0.4, -0.2) is 19.3 Å². The number of nitrogens with two attached hydrogens (primary N) is 1. The molecule has 1 rings (SSSR count). The molecule has 0 radical (unpaired) electrons. The van der Waals surface area contributed by atoms with Crippen molar-refractivity contribution in [1.29, 1.82) is 0 Å². The predicted molar refractivity (Wildman–Crippen MR) is 69.4 cm³/mol. The zero-order chi connectivity index (χ0) is 12.0. The van der Waals surface area contributed by atoms with Crippen molar-refractivity contribution in [3.63, 3.8) is 0 Å². The highest BCUT2D eigenvalue weighted by atomic mass is 32.1. The maximum Gasteiger partial charge on any atom is 0.0760 e. The zero-order valence-electron chi connectivity index (χ0n) is 10.3. The molecule has 1 aromatic heterocycles. The van der Waals surface area contributed by atoms with Gasteiger partial charge in [-0.05, 0) is 41.1 Å². The molecule has 0 aliphatic carbocycles. The van der Waals surface area contributed by atoms with Gasteiger partial charge in [0, 0.05) is 13.2 Å². The molecule has 4 heteroatoms. The summed E-state index contributed by atoms with van der Waals surface area (Å²) >= 11 is 1.74. The Bertz CT molecular complexity index is 275. The summed E-state index contributed by atoms with van der Waals surface area (Å²) < 4.78 is 5.49. The van der Waals surface area contributed by atoms with Gasteiger partial charge in [0.15, 0.2) is 0 Å². The molecule has 0 bridgehead atoms. The lowest BCUT2D eigenvalue weighted by Gasteiger charge is -2.28. The highest BCUT2D eigenvalue weighted by molar-refractivity contribution is 7.07. The van der Waals surface area contributed by atoms with Gasteiger partial charge in [-0.1, -0.05) is 13.8 Å². The lowest BCUT2D eigenvalue weighted by molar-refractivity contribution is 0.0308. The highest BCUT2D eigenvalue weighted by Crippen LogP contribution is 2.16. The monoisotopic (exact) mass is 242 g/mol. The smallest absolute Gasteiger partial charge is 0.0760 e. The molecule has 2 unspecified atom stereocenters. The van der Waals surface area contributed by atoms with Crippen LogP contribution in [0.3, 0.4) is 0 Å². The third-order valence-electron chi connectivity index (χ3n) is 2.86. The van der Waals surface area contributed by atoms with Crippen molar-refractivity contribution in [2.24, 2.45) is 11.8 Å². The summed E-state index contributed by atoms with van der Waals surface area (Å²) in [5, 5.41) is 4.29. The normalized spacial score (nSPS) is 15.3. The fraction of sp³-hybridized carbons (Fsp3) is 0.667. The Morgan fingerprint density at radius 3 is 2.69 bits per heavy atom. The van der Waals surface area contributed by atoms with Gasteiger partial charge in [-0.25, -0.2) is 0 Å². The second-order valence-corrected chi connectivity index (χ2v) is 5.17. The molecule has 16 heavy (non-hydrogen) atoms. The minimum atomic E-state index is 0.170. The molecule has 3 N–H and O–H groups in total. The van der Waals surface area contributed by atoms with E-state index in [1.807, 2.05) is 0 Å². The third-order valence-corrected chi connectivity index (χ3v) is 3.60. The summed E-state index contributed by atoms with van der Waals surface area (Å²) in [5.74, 6) is 6.07. The maximum absolute atomic E-state index is 5.60. The Kier molecular flexibility index (Phi) is 5.98. The van der Waals surface area contributed by atoms with Crippen LogP contribution in [0.1, 0.15) is 25.8 Å². The SMILES string of the molecule is COC(C(C)C)C(CCc1ccsc1)NN. The van der Waals surface area contributed by atoms with Crippen LogP contribution in [0, 0.1) is 5.92 Å². The summed E-state index contributed by atoms with van der Waals surface area (Å²) in [5.41, 5.74) is 4.25. The van der Waals surface area contributed by atoms with Gasteiger partial charge in [-0.15, -0.1) is 0 Å². The van der Waals surface area contributed by atoms with E-state index in [1.54, 1.807) is 18.4 Å². The van der Waals surface area contributed by atoms with E-state index in [0.717, 1.165) is 12.8 Å². The van der Waals surface area contributed by atoms with Gasteiger partial charge in [0.25, 0.3) is 0 Å². The second kappa shape index (κ2) is 7.01. The minimum absolute atomic E-state index is 0.170. The topological polar surface area (TPSA) is 47.3 Å². The number of nitrogens with one attached hydrogen (secondary N) is 1. The fourth-order valence-electron chi connectivity index (χ4n) is 2.00. The van der Waals surface area contributed by atoms with E-state index in [4.69, 9.17) is 10.6 Å². The molecule has 3 nitrogen and oxygen atoms in total. The first-order chi connectivity index (χ1) is 7.69. The first kappa shape index (κ1) is 13.6. The molecule has 1 heterocycles. The highest BCUT2D eigenvalue weighted by Gasteiger charge is 2.22. The molecule has 1 aromatic rings. The van der Waals surface area contributed by atoms with Crippen molar-refractivity contribution in [1.82, 2.24) is 5.43 Å². The van der Waals surface area contributed by atoms with Gasteiger partial charge in [0.2, 0.25) is 0 Å². The van der Waals surface area contributed by atoms with Crippen molar-refractivity contribution in [3.05, 3.63) is 22.4 Å². The zero-order valence-corrected chi connectivity index (χ0v) is 11.1. The van der Waals surface area contributed by atoms with Gasteiger partial charge in [-0.2, -0.15) is 11.3 Å². The van der Waals surface area contributed by atoms with Crippen LogP contribution in [0.5, 0.6) is 0 Å². The first-order valence-electron chi connectivity index (χ1n) is 5.69. The Balaban J connectivity index is 2.47. The molecular formula is C12H22N2OS. The van der Waals surface area contributed by atoms with Crippen molar-refractivity contribution >= 4 is 11.3 Å². The van der Waals surface area contributed by atoms with E-state index >= 15 is 0 Å². The van der Waals surface area contributed by atoms with Gasteiger partial charge < -0.3 is 4.74 Å². The molecule has 2 atom stereocenters. The molecule has 0 saturated heterocycles. The van der Waals surface area contributed by atoms with Crippen LogP contribution >= 0.6 is 11.3 Å². The largest absolute Gasteiger partial charge is 0.380 e. The summed E-state index contributed by atoms with van der Waals surface area (Å²) in [6.45, 7) is 4.31. The van der Waals surface area contributed by atoms with E-state index in [2.05, 4.69) is 36.1 Å². The predicted octanol–water partition coefficient (Wildman–Crippen LogP) is 2.18. The van der Waals surface area contributed by atoms with E-state index in [9.17, 15) is 0 Å². The average Bonchev–Trinajstić information content (AvgIpc) is 2.76. The lowest BCUT2D eigenvalue weighted by atomic mass is 9.95. The molecule has 0 spiro atoms. The molecule has 0 fully saturated rings. The Morgan fingerprint density at radius 2 is 2.25 bits per heavy atom.